The maximum atomic E-state index is 12.1. The van der Waals surface area contributed by atoms with Crippen LogP contribution in [-0.2, 0) is 4.79 Å². The van der Waals surface area contributed by atoms with Crippen molar-refractivity contribution in [2.75, 3.05) is 19.6 Å². The molecule has 1 aliphatic carbocycles. The summed E-state index contributed by atoms with van der Waals surface area (Å²) in [7, 11) is 0. The zero-order valence-electron chi connectivity index (χ0n) is 8.54. The van der Waals surface area contributed by atoms with Crippen LogP contribution < -0.4 is 5.32 Å². The number of piperidine rings is 1. The van der Waals surface area contributed by atoms with Crippen LogP contribution in [-0.4, -0.2) is 36.5 Å². The van der Waals surface area contributed by atoms with Crippen molar-refractivity contribution in [1.82, 2.24) is 10.2 Å². The van der Waals surface area contributed by atoms with E-state index in [4.69, 9.17) is 0 Å². The fraction of sp³-hybridized carbons (Fsp3) is 0.909. The molecule has 0 radical (unpaired) electrons. The summed E-state index contributed by atoms with van der Waals surface area (Å²) in [6.45, 7) is 2.99. The van der Waals surface area contributed by atoms with Crippen LogP contribution in [0.2, 0.25) is 0 Å². The number of carbonyl (C=O) groups excluding carboxylic acids is 1. The Hall–Kier alpha value is -0.570. The van der Waals surface area contributed by atoms with Crippen molar-refractivity contribution in [3.05, 3.63) is 0 Å². The Morgan fingerprint density at radius 2 is 2.21 bits per heavy atom. The smallest absolute Gasteiger partial charge is 0.227 e. The van der Waals surface area contributed by atoms with Gasteiger partial charge >= 0.3 is 0 Å². The first-order chi connectivity index (χ1) is 6.84. The van der Waals surface area contributed by atoms with Gasteiger partial charge in [-0.05, 0) is 38.1 Å². The van der Waals surface area contributed by atoms with Crippen molar-refractivity contribution in [1.29, 1.82) is 0 Å². The van der Waals surface area contributed by atoms with E-state index < -0.39 is 0 Å². The summed E-state index contributed by atoms with van der Waals surface area (Å²) >= 11 is 0. The molecule has 0 spiro atoms. The van der Waals surface area contributed by atoms with Crippen LogP contribution in [0.3, 0.4) is 0 Å². The van der Waals surface area contributed by atoms with Gasteiger partial charge in [0.05, 0.1) is 5.92 Å². The van der Waals surface area contributed by atoms with Crippen LogP contribution in [0.4, 0.5) is 0 Å². The van der Waals surface area contributed by atoms with Gasteiger partial charge < -0.3 is 10.2 Å². The lowest BCUT2D eigenvalue weighted by molar-refractivity contribution is -0.136. The Kier molecular flexibility index (Phi) is 2.01. The van der Waals surface area contributed by atoms with E-state index in [9.17, 15) is 4.79 Å². The molecule has 14 heavy (non-hydrogen) atoms. The van der Waals surface area contributed by atoms with Crippen molar-refractivity contribution >= 4 is 5.91 Å². The van der Waals surface area contributed by atoms with Crippen molar-refractivity contribution in [2.45, 2.75) is 31.7 Å². The number of nitrogens with zero attached hydrogens (tertiary/aromatic N) is 1. The minimum atomic E-state index is 0.286. The third-order valence-corrected chi connectivity index (χ3v) is 4.10. The number of nitrogens with one attached hydrogen (secondary N) is 1. The quantitative estimate of drug-likeness (QED) is 0.663. The van der Waals surface area contributed by atoms with Crippen molar-refractivity contribution < 1.29 is 4.79 Å². The van der Waals surface area contributed by atoms with E-state index >= 15 is 0 Å². The number of fused-ring (bicyclic) bond motifs is 2. The van der Waals surface area contributed by atoms with Crippen LogP contribution in [0, 0.1) is 11.8 Å². The van der Waals surface area contributed by atoms with Crippen molar-refractivity contribution in [2.24, 2.45) is 11.8 Å². The molecule has 2 saturated heterocycles. The van der Waals surface area contributed by atoms with Crippen molar-refractivity contribution in [3.63, 3.8) is 0 Å². The van der Waals surface area contributed by atoms with E-state index in [1.165, 1.54) is 19.3 Å². The highest BCUT2D eigenvalue weighted by Gasteiger charge is 2.42. The van der Waals surface area contributed by atoms with Gasteiger partial charge in [-0.25, -0.2) is 0 Å². The lowest BCUT2D eigenvalue weighted by Crippen LogP contribution is -2.41. The lowest BCUT2D eigenvalue weighted by Gasteiger charge is -2.29. The van der Waals surface area contributed by atoms with E-state index in [1.54, 1.807) is 0 Å². The first-order valence-electron chi connectivity index (χ1n) is 5.86. The number of hydrogen-bond donors (Lipinski definition) is 1. The average molecular weight is 194 g/mol. The standard InChI is InChI=1S/C11H18N2O/c14-11(9-3-4-12-6-9)13-7-8-1-2-10(13)5-8/h8-10,12H,1-7H2/t8-,9+,10-/m0/s1. The second-order valence-electron chi connectivity index (χ2n) is 5.01. The largest absolute Gasteiger partial charge is 0.339 e. The Labute approximate surface area is 84.8 Å². The Balaban J connectivity index is 1.67. The third-order valence-electron chi connectivity index (χ3n) is 4.10. The average Bonchev–Trinajstić information content (AvgIpc) is 2.93. The molecule has 3 nitrogen and oxygen atoms in total. The van der Waals surface area contributed by atoms with Gasteiger partial charge in [-0.3, -0.25) is 4.79 Å². The minimum Gasteiger partial charge on any atom is -0.339 e. The molecule has 3 heteroatoms. The molecule has 78 valence electrons. The normalized spacial score (nSPS) is 40.9. The number of amides is 1. The number of likely N-dealkylation sites (tertiary alicyclic amines) is 1. The summed E-state index contributed by atoms with van der Waals surface area (Å²) in [4.78, 5) is 14.3. The van der Waals surface area contributed by atoms with Gasteiger partial charge in [-0.1, -0.05) is 0 Å². The molecule has 2 aliphatic heterocycles. The number of rotatable bonds is 1. The monoisotopic (exact) mass is 194 g/mol. The van der Waals surface area contributed by atoms with Gasteiger partial charge in [-0.15, -0.1) is 0 Å². The van der Waals surface area contributed by atoms with Crippen molar-refractivity contribution in [3.8, 4) is 0 Å². The molecule has 2 bridgehead atoms. The van der Waals surface area contributed by atoms with Crippen LogP contribution in [0.15, 0.2) is 0 Å². The Bertz CT molecular complexity index is 248. The van der Waals surface area contributed by atoms with Crippen LogP contribution in [0.25, 0.3) is 0 Å². The van der Waals surface area contributed by atoms with Crippen LogP contribution >= 0.6 is 0 Å². The first kappa shape index (κ1) is 8.72. The second-order valence-corrected chi connectivity index (χ2v) is 5.01. The predicted octanol–water partition coefficient (Wildman–Crippen LogP) is 0.607. The first-order valence-corrected chi connectivity index (χ1v) is 5.86. The predicted molar refractivity (Wildman–Crippen MR) is 53.8 cm³/mol. The van der Waals surface area contributed by atoms with Crippen LogP contribution in [0.5, 0.6) is 0 Å². The van der Waals surface area contributed by atoms with Crippen LogP contribution in [0.1, 0.15) is 25.7 Å². The van der Waals surface area contributed by atoms with Gasteiger partial charge in [-0.2, -0.15) is 0 Å². The summed E-state index contributed by atoms with van der Waals surface area (Å²) in [5, 5.41) is 3.27. The molecule has 3 atom stereocenters. The summed E-state index contributed by atoms with van der Waals surface area (Å²) < 4.78 is 0. The van der Waals surface area contributed by atoms with Gasteiger partial charge in [0.1, 0.15) is 0 Å². The molecular weight excluding hydrogens is 176 g/mol. The molecule has 3 rings (SSSR count). The zero-order valence-corrected chi connectivity index (χ0v) is 8.54. The van der Waals surface area contributed by atoms with Gasteiger partial charge in [0, 0.05) is 19.1 Å². The number of hydrogen-bond acceptors (Lipinski definition) is 2. The molecule has 3 fully saturated rings. The summed E-state index contributed by atoms with van der Waals surface area (Å²) in [6, 6.07) is 0.605. The summed E-state index contributed by atoms with van der Waals surface area (Å²) in [5.74, 6) is 1.55. The molecular formula is C11H18N2O. The molecule has 0 aromatic rings. The van der Waals surface area contributed by atoms with Gasteiger partial charge in [0.2, 0.25) is 5.91 Å². The molecule has 1 saturated carbocycles. The third kappa shape index (κ3) is 1.26. The van der Waals surface area contributed by atoms with Gasteiger partial charge in [0.15, 0.2) is 0 Å². The molecule has 3 aliphatic rings. The second kappa shape index (κ2) is 3.23. The maximum Gasteiger partial charge on any atom is 0.227 e. The molecule has 0 unspecified atom stereocenters. The topological polar surface area (TPSA) is 32.3 Å². The fourth-order valence-corrected chi connectivity index (χ4v) is 3.29. The van der Waals surface area contributed by atoms with E-state index in [0.717, 1.165) is 32.0 Å². The summed E-state index contributed by atoms with van der Waals surface area (Å²) in [5.41, 5.74) is 0. The molecule has 2 heterocycles. The zero-order chi connectivity index (χ0) is 9.54. The number of carbonyl (C=O) groups is 1. The molecule has 1 N–H and O–H groups in total. The Morgan fingerprint density at radius 1 is 1.29 bits per heavy atom. The fourth-order valence-electron chi connectivity index (χ4n) is 3.29. The highest BCUT2D eigenvalue weighted by atomic mass is 16.2. The van der Waals surface area contributed by atoms with E-state index in [-0.39, 0.29) is 5.92 Å². The minimum absolute atomic E-state index is 0.286. The Morgan fingerprint density at radius 3 is 2.79 bits per heavy atom. The molecule has 0 aromatic carbocycles. The van der Waals surface area contributed by atoms with E-state index in [2.05, 4.69) is 10.2 Å². The van der Waals surface area contributed by atoms with Gasteiger partial charge in [0.25, 0.3) is 0 Å². The highest BCUT2D eigenvalue weighted by molar-refractivity contribution is 5.80. The molecule has 0 aromatic heterocycles. The van der Waals surface area contributed by atoms with E-state index in [0.29, 0.717) is 11.9 Å². The summed E-state index contributed by atoms with van der Waals surface area (Å²) in [6.07, 6.45) is 4.95. The van der Waals surface area contributed by atoms with E-state index in [1.807, 2.05) is 0 Å². The lowest BCUT2D eigenvalue weighted by atomic mass is 10.0. The highest BCUT2D eigenvalue weighted by Crippen LogP contribution is 2.38. The molecule has 1 amide bonds. The SMILES string of the molecule is O=C([C@@H]1CCNC1)N1C[C@H]2CC[C@H]1C2. The maximum absolute atomic E-state index is 12.1.